The van der Waals surface area contributed by atoms with Gasteiger partial charge in [0.1, 0.15) is 0 Å². The Morgan fingerprint density at radius 3 is 1.86 bits per heavy atom. The summed E-state index contributed by atoms with van der Waals surface area (Å²) in [5.74, 6) is 0.421. The van der Waals surface area contributed by atoms with E-state index in [4.69, 9.17) is 5.11 Å². The summed E-state index contributed by atoms with van der Waals surface area (Å²) >= 11 is 0. The highest BCUT2D eigenvalue weighted by atomic mass is 16.3. The second-order valence-electron chi connectivity index (χ2n) is 2.22. The summed E-state index contributed by atoms with van der Waals surface area (Å²) in [6.07, 6.45) is 0.775. The zero-order chi connectivity index (χ0) is 5.86. The number of hydrogen-bond acceptors (Lipinski definition) is 1. The van der Waals surface area contributed by atoms with Crippen molar-refractivity contribution in [2.75, 3.05) is 0 Å². The van der Waals surface area contributed by atoms with Gasteiger partial charge < -0.3 is 5.11 Å². The summed E-state index contributed by atoms with van der Waals surface area (Å²) < 4.78 is 0. The van der Waals surface area contributed by atoms with Crippen LogP contribution in [-0.2, 0) is 0 Å². The average molecular weight is 102 g/mol. The molecule has 1 N–H and O–H groups in total. The lowest BCUT2D eigenvalue weighted by Crippen LogP contribution is -2.11. The lowest BCUT2D eigenvalue weighted by atomic mass is 10.1. The molecule has 0 saturated carbocycles. The first kappa shape index (κ1) is 6.96. The molecule has 0 aromatic rings. The van der Waals surface area contributed by atoms with Crippen LogP contribution < -0.4 is 0 Å². The Balaban J connectivity index is 3.14. The first-order valence-electron chi connectivity index (χ1n) is 2.86. The minimum absolute atomic E-state index is 0.0972. The molecule has 0 heterocycles. The SMILES string of the molecule is CC[C@H](O)C(C)C. The zero-order valence-corrected chi connectivity index (χ0v) is 5.31. The Labute approximate surface area is 45.4 Å². The van der Waals surface area contributed by atoms with Crippen LogP contribution in [0.1, 0.15) is 27.2 Å². The molecule has 0 amide bonds. The molecule has 0 aliphatic rings. The fraction of sp³-hybridized carbons (Fsp3) is 1.00. The van der Waals surface area contributed by atoms with Gasteiger partial charge >= 0.3 is 0 Å². The van der Waals surface area contributed by atoms with Crippen molar-refractivity contribution in [3.05, 3.63) is 0 Å². The van der Waals surface area contributed by atoms with Crippen molar-refractivity contribution in [3.63, 3.8) is 0 Å². The second-order valence-corrected chi connectivity index (χ2v) is 2.22. The molecule has 44 valence electrons. The molecule has 1 nitrogen and oxygen atoms in total. The molecule has 7 heavy (non-hydrogen) atoms. The van der Waals surface area contributed by atoms with E-state index >= 15 is 0 Å². The normalized spacial score (nSPS) is 15.0. The van der Waals surface area contributed by atoms with E-state index in [9.17, 15) is 0 Å². The van der Waals surface area contributed by atoms with Crippen LogP contribution in [0.3, 0.4) is 0 Å². The smallest absolute Gasteiger partial charge is 0.0560 e. The lowest BCUT2D eigenvalue weighted by Gasteiger charge is -2.09. The summed E-state index contributed by atoms with van der Waals surface area (Å²) in [6.45, 7) is 6.03. The molecule has 1 atom stereocenters. The quantitative estimate of drug-likeness (QED) is 0.559. The summed E-state index contributed by atoms with van der Waals surface area (Å²) in [4.78, 5) is 0. The van der Waals surface area contributed by atoms with Gasteiger partial charge in [-0.25, -0.2) is 0 Å². The maximum atomic E-state index is 8.94. The number of rotatable bonds is 2. The number of aliphatic hydroxyl groups excluding tert-OH is 1. The van der Waals surface area contributed by atoms with E-state index in [0.717, 1.165) is 6.42 Å². The summed E-state index contributed by atoms with van der Waals surface area (Å²) in [7, 11) is 0. The van der Waals surface area contributed by atoms with Crippen molar-refractivity contribution < 1.29 is 5.11 Å². The molecular weight excluding hydrogens is 88.1 g/mol. The Bertz CT molecular complexity index is 41.4. The third kappa shape index (κ3) is 2.63. The summed E-state index contributed by atoms with van der Waals surface area (Å²) in [5.41, 5.74) is 0. The van der Waals surface area contributed by atoms with Crippen molar-refractivity contribution in [1.29, 1.82) is 0 Å². The Morgan fingerprint density at radius 1 is 1.43 bits per heavy atom. The maximum Gasteiger partial charge on any atom is 0.0560 e. The molecule has 0 unspecified atom stereocenters. The van der Waals surface area contributed by atoms with E-state index in [1.807, 2.05) is 20.8 Å². The van der Waals surface area contributed by atoms with Gasteiger partial charge in [-0.1, -0.05) is 20.8 Å². The Hall–Kier alpha value is -0.0400. The van der Waals surface area contributed by atoms with E-state index in [-0.39, 0.29) is 6.10 Å². The highest BCUT2D eigenvalue weighted by Crippen LogP contribution is 2.02. The molecule has 1 heteroatoms. The van der Waals surface area contributed by atoms with Gasteiger partial charge in [0.05, 0.1) is 6.10 Å². The predicted octanol–water partition coefficient (Wildman–Crippen LogP) is 1.41. The second kappa shape index (κ2) is 3.03. The van der Waals surface area contributed by atoms with E-state index in [1.165, 1.54) is 0 Å². The van der Waals surface area contributed by atoms with Crippen molar-refractivity contribution >= 4 is 0 Å². The van der Waals surface area contributed by atoms with E-state index in [1.54, 1.807) is 0 Å². The largest absolute Gasteiger partial charge is 0.393 e. The topological polar surface area (TPSA) is 20.2 Å². The zero-order valence-electron chi connectivity index (χ0n) is 5.31. The monoisotopic (exact) mass is 102 g/mol. The van der Waals surface area contributed by atoms with Crippen LogP contribution in [-0.4, -0.2) is 11.2 Å². The average Bonchev–Trinajstić information content (AvgIpc) is 1.65. The molecule has 0 fully saturated rings. The predicted molar refractivity (Wildman–Crippen MR) is 31.1 cm³/mol. The van der Waals surface area contributed by atoms with Crippen LogP contribution in [0.15, 0.2) is 0 Å². The fourth-order valence-corrected chi connectivity index (χ4v) is 0.471. The van der Waals surface area contributed by atoms with Crippen molar-refractivity contribution in [3.8, 4) is 0 Å². The third-order valence-electron chi connectivity index (χ3n) is 1.19. The molecule has 0 saturated heterocycles. The molecule has 0 aliphatic heterocycles. The van der Waals surface area contributed by atoms with Crippen LogP contribution in [0.25, 0.3) is 0 Å². The van der Waals surface area contributed by atoms with Gasteiger partial charge in [0.15, 0.2) is 0 Å². The van der Waals surface area contributed by atoms with Crippen molar-refractivity contribution in [2.24, 2.45) is 5.92 Å². The first-order valence-corrected chi connectivity index (χ1v) is 2.86. The molecule has 0 aliphatic carbocycles. The Morgan fingerprint density at radius 2 is 1.86 bits per heavy atom. The van der Waals surface area contributed by atoms with Gasteiger partial charge in [-0.05, 0) is 12.3 Å². The van der Waals surface area contributed by atoms with Crippen molar-refractivity contribution in [2.45, 2.75) is 33.3 Å². The standard InChI is InChI=1S/C6H14O/c1-4-6(7)5(2)3/h5-7H,4H2,1-3H3/t6-/m0/s1. The van der Waals surface area contributed by atoms with Crippen LogP contribution >= 0.6 is 0 Å². The van der Waals surface area contributed by atoms with E-state index < -0.39 is 0 Å². The molecule has 0 aromatic heterocycles. The Kier molecular flexibility index (Phi) is 3.01. The fourth-order valence-electron chi connectivity index (χ4n) is 0.471. The van der Waals surface area contributed by atoms with Gasteiger partial charge in [0, 0.05) is 0 Å². The highest BCUT2D eigenvalue weighted by molar-refractivity contribution is 4.54. The molecular formula is C6H14O. The van der Waals surface area contributed by atoms with Gasteiger partial charge in [0.2, 0.25) is 0 Å². The van der Waals surface area contributed by atoms with Crippen molar-refractivity contribution in [1.82, 2.24) is 0 Å². The highest BCUT2D eigenvalue weighted by Gasteiger charge is 2.03. The van der Waals surface area contributed by atoms with Gasteiger partial charge in [-0.15, -0.1) is 0 Å². The molecule has 0 radical (unpaired) electrons. The number of aliphatic hydroxyl groups is 1. The molecule has 0 aromatic carbocycles. The van der Waals surface area contributed by atoms with Crippen LogP contribution in [0.4, 0.5) is 0 Å². The molecule has 0 rings (SSSR count). The maximum absolute atomic E-state index is 8.94. The minimum atomic E-state index is -0.0972. The van der Waals surface area contributed by atoms with Gasteiger partial charge in [-0.3, -0.25) is 0 Å². The molecule has 0 bridgehead atoms. The van der Waals surface area contributed by atoms with E-state index in [2.05, 4.69) is 0 Å². The summed E-state index contributed by atoms with van der Waals surface area (Å²) in [6, 6.07) is 0. The molecule has 0 spiro atoms. The van der Waals surface area contributed by atoms with Gasteiger partial charge in [-0.2, -0.15) is 0 Å². The van der Waals surface area contributed by atoms with Crippen LogP contribution in [0, 0.1) is 5.92 Å². The van der Waals surface area contributed by atoms with E-state index in [0.29, 0.717) is 5.92 Å². The number of hydrogen-bond donors (Lipinski definition) is 1. The van der Waals surface area contributed by atoms with Crippen LogP contribution in [0.2, 0.25) is 0 Å². The van der Waals surface area contributed by atoms with Crippen LogP contribution in [0.5, 0.6) is 0 Å². The minimum Gasteiger partial charge on any atom is -0.393 e. The first-order chi connectivity index (χ1) is 3.18. The third-order valence-corrected chi connectivity index (χ3v) is 1.19. The lowest BCUT2D eigenvalue weighted by molar-refractivity contribution is 0.121. The summed E-state index contributed by atoms with van der Waals surface area (Å²) in [5, 5.41) is 8.94. The van der Waals surface area contributed by atoms with Gasteiger partial charge in [0.25, 0.3) is 0 Å².